The van der Waals surface area contributed by atoms with Crippen LogP contribution in [-0.2, 0) is 0 Å². The number of hydrogen-bond donors (Lipinski definition) is 2. The molecule has 0 heterocycles. The van der Waals surface area contributed by atoms with Crippen molar-refractivity contribution in [2.24, 2.45) is 0 Å². The lowest BCUT2D eigenvalue weighted by Crippen LogP contribution is -1.93. The van der Waals surface area contributed by atoms with Gasteiger partial charge in [0.05, 0.1) is 12.7 Å². The second-order valence-corrected chi connectivity index (χ2v) is 4.74. The lowest BCUT2D eigenvalue weighted by Gasteiger charge is -2.09. The Morgan fingerprint density at radius 2 is 1.70 bits per heavy atom. The first-order chi connectivity index (χ1) is 4.85. The summed E-state index contributed by atoms with van der Waals surface area (Å²) in [6.45, 7) is 2.15. The lowest BCUT2D eigenvalue weighted by molar-refractivity contribution is 0.343. The van der Waals surface area contributed by atoms with Crippen LogP contribution in [0.4, 0.5) is 0 Å². The maximum Gasteiger partial charge on any atom is 0.0646 e. The van der Waals surface area contributed by atoms with E-state index >= 15 is 0 Å². The third-order valence-electron chi connectivity index (χ3n) is 1.48. The topological polar surface area (TPSA) is 40.5 Å². The van der Waals surface area contributed by atoms with Crippen LogP contribution in [0.25, 0.3) is 0 Å². The Balaban J connectivity index is 3.09. The third-order valence-corrected chi connectivity index (χ3v) is 3.23. The van der Waals surface area contributed by atoms with Gasteiger partial charge in [-0.15, -0.1) is 0 Å². The summed E-state index contributed by atoms with van der Waals surface area (Å²) in [5.74, 6) is 0. The maximum absolute atomic E-state index is 8.69. The van der Waals surface area contributed by atoms with Crippen molar-refractivity contribution in [1.29, 1.82) is 0 Å². The highest BCUT2D eigenvalue weighted by Crippen LogP contribution is 2.33. The predicted molar refractivity (Wildman–Crippen MR) is 45.5 cm³/mol. The van der Waals surface area contributed by atoms with Crippen molar-refractivity contribution in [3.8, 4) is 0 Å². The zero-order chi connectivity index (χ0) is 7.82. The minimum Gasteiger partial charge on any atom is -0.392 e. The molecule has 0 aromatic heterocycles. The first-order valence-corrected chi connectivity index (χ1v) is 5.69. The van der Waals surface area contributed by atoms with Crippen LogP contribution in [0.1, 0.15) is 26.2 Å². The molecule has 0 saturated heterocycles. The highest BCUT2D eigenvalue weighted by molar-refractivity contribution is 7.57. The Labute approximate surface area is 64.0 Å². The summed E-state index contributed by atoms with van der Waals surface area (Å²) in [4.78, 5) is 0. The molecule has 0 aliphatic carbocycles. The molecule has 2 N–H and O–H groups in total. The van der Waals surface area contributed by atoms with Gasteiger partial charge in [-0.1, -0.05) is 27.7 Å². The summed E-state index contributed by atoms with van der Waals surface area (Å²) in [5.41, 5.74) is 0. The molecular formula is C7H17O2P. The minimum absolute atomic E-state index is 0.190. The van der Waals surface area contributed by atoms with Crippen molar-refractivity contribution in [3.05, 3.63) is 0 Å². The molecule has 0 aliphatic rings. The quantitative estimate of drug-likeness (QED) is 0.462. The summed E-state index contributed by atoms with van der Waals surface area (Å²) in [6, 6.07) is 0. The van der Waals surface area contributed by atoms with Gasteiger partial charge in [0.15, 0.2) is 0 Å². The van der Waals surface area contributed by atoms with Gasteiger partial charge < -0.3 is 10.2 Å². The molecule has 0 unspecified atom stereocenters. The van der Waals surface area contributed by atoms with Gasteiger partial charge in [0.25, 0.3) is 0 Å². The van der Waals surface area contributed by atoms with Crippen LogP contribution in [0.3, 0.4) is 0 Å². The summed E-state index contributed by atoms with van der Waals surface area (Å²) < 4.78 is 0. The number of aliphatic hydroxyl groups is 2. The molecule has 0 radical (unpaired) electrons. The van der Waals surface area contributed by atoms with Crippen LogP contribution in [0.15, 0.2) is 0 Å². The van der Waals surface area contributed by atoms with Gasteiger partial charge >= 0.3 is 0 Å². The lowest BCUT2D eigenvalue weighted by atomic mass is 10.3. The molecule has 2 nitrogen and oxygen atoms in total. The maximum atomic E-state index is 8.69. The van der Waals surface area contributed by atoms with Crippen LogP contribution in [0.5, 0.6) is 0 Å². The molecule has 0 rings (SSSR count). The van der Waals surface area contributed by atoms with Crippen molar-refractivity contribution >= 4 is 7.92 Å². The van der Waals surface area contributed by atoms with E-state index in [1.807, 2.05) is 0 Å². The second-order valence-electron chi connectivity index (χ2n) is 2.38. The monoisotopic (exact) mass is 164 g/mol. The molecule has 10 heavy (non-hydrogen) atoms. The Morgan fingerprint density at radius 3 is 2.10 bits per heavy atom. The molecule has 0 atom stereocenters. The van der Waals surface area contributed by atoms with E-state index in [9.17, 15) is 0 Å². The standard InChI is InChI=1S/C7H17O2P/c1-2-3-4-5-10(6-8)7-9/h8-9H,2-7H2,1H3. The van der Waals surface area contributed by atoms with Crippen molar-refractivity contribution < 1.29 is 10.2 Å². The fraction of sp³-hybridized carbons (Fsp3) is 1.00. The SMILES string of the molecule is CCCCCP(CO)CO. The highest BCUT2D eigenvalue weighted by atomic mass is 31.1. The van der Waals surface area contributed by atoms with E-state index in [0.29, 0.717) is 0 Å². The van der Waals surface area contributed by atoms with E-state index in [-0.39, 0.29) is 12.7 Å². The van der Waals surface area contributed by atoms with Gasteiger partial charge in [-0.25, -0.2) is 0 Å². The van der Waals surface area contributed by atoms with Gasteiger partial charge in [0, 0.05) is 0 Å². The van der Waals surface area contributed by atoms with E-state index in [1.54, 1.807) is 0 Å². The van der Waals surface area contributed by atoms with E-state index in [2.05, 4.69) is 6.92 Å². The summed E-state index contributed by atoms with van der Waals surface area (Å²) in [6.07, 6.45) is 4.99. The van der Waals surface area contributed by atoms with E-state index in [1.165, 1.54) is 12.8 Å². The van der Waals surface area contributed by atoms with Crippen molar-refractivity contribution in [2.75, 3.05) is 18.9 Å². The van der Waals surface area contributed by atoms with Crippen LogP contribution in [-0.4, -0.2) is 29.1 Å². The average Bonchev–Trinajstić information content (AvgIpc) is 1.99. The van der Waals surface area contributed by atoms with E-state index in [0.717, 1.165) is 12.6 Å². The molecule has 0 aliphatic heterocycles. The van der Waals surface area contributed by atoms with Crippen LogP contribution >= 0.6 is 7.92 Å². The van der Waals surface area contributed by atoms with Crippen molar-refractivity contribution in [1.82, 2.24) is 0 Å². The molecule has 3 heteroatoms. The Morgan fingerprint density at radius 1 is 1.10 bits per heavy atom. The molecule has 0 fully saturated rings. The first-order valence-electron chi connectivity index (χ1n) is 3.79. The number of unbranched alkanes of at least 4 members (excludes halogenated alkanes) is 2. The zero-order valence-corrected chi connectivity index (χ0v) is 7.48. The second kappa shape index (κ2) is 7.46. The normalized spacial score (nSPS) is 10.8. The summed E-state index contributed by atoms with van der Waals surface area (Å²) in [5, 5.41) is 17.4. The molecule has 0 amide bonds. The average molecular weight is 164 g/mol. The minimum atomic E-state index is -0.457. The predicted octanol–water partition coefficient (Wildman–Crippen LogP) is 1.56. The van der Waals surface area contributed by atoms with Crippen LogP contribution in [0.2, 0.25) is 0 Å². The number of aliphatic hydroxyl groups excluding tert-OH is 2. The van der Waals surface area contributed by atoms with Crippen molar-refractivity contribution in [3.63, 3.8) is 0 Å². The zero-order valence-electron chi connectivity index (χ0n) is 6.58. The first kappa shape index (κ1) is 10.3. The van der Waals surface area contributed by atoms with E-state index in [4.69, 9.17) is 10.2 Å². The Bertz CT molecular complexity index is 64.6. The van der Waals surface area contributed by atoms with Crippen LogP contribution in [0, 0.1) is 0 Å². The smallest absolute Gasteiger partial charge is 0.0646 e. The van der Waals surface area contributed by atoms with Crippen LogP contribution < -0.4 is 0 Å². The molecule has 62 valence electrons. The van der Waals surface area contributed by atoms with Gasteiger partial charge in [-0.3, -0.25) is 0 Å². The molecule has 0 aromatic rings. The highest BCUT2D eigenvalue weighted by Gasteiger charge is 2.02. The molecule has 0 spiro atoms. The number of hydrogen-bond acceptors (Lipinski definition) is 2. The van der Waals surface area contributed by atoms with Gasteiger partial charge in [0.2, 0.25) is 0 Å². The largest absolute Gasteiger partial charge is 0.392 e. The summed E-state index contributed by atoms with van der Waals surface area (Å²) >= 11 is 0. The summed E-state index contributed by atoms with van der Waals surface area (Å²) in [7, 11) is -0.457. The van der Waals surface area contributed by atoms with Gasteiger partial charge in [-0.2, -0.15) is 0 Å². The molecule has 0 saturated carbocycles. The number of rotatable bonds is 6. The van der Waals surface area contributed by atoms with Crippen molar-refractivity contribution in [2.45, 2.75) is 26.2 Å². The third kappa shape index (κ3) is 5.16. The van der Waals surface area contributed by atoms with E-state index < -0.39 is 7.92 Å². The molecular weight excluding hydrogens is 147 g/mol. The van der Waals surface area contributed by atoms with Gasteiger partial charge in [-0.05, 0) is 12.6 Å². The molecule has 0 aromatic carbocycles. The fourth-order valence-electron chi connectivity index (χ4n) is 0.772. The fourth-order valence-corrected chi connectivity index (χ4v) is 1.81. The molecule has 0 bridgehead atoms. The Kier molecular flexibility index (Phi) is 7.72. The Hall–Kier alpha value is 0.350. The van der Waals surface area contributed by atoms with Gasteiger partial charge in [0.1, 0.15) is 0 Å².